The topological polar surface area (TPSA) is 81.9 Å². The van der Waals surface area contributed by atoms with Crippen LogP contribution in [0, 0.1) is 0 Å². The van der Waals surface area contributed by atoms with Gasteiger partial charge in [0.15, 0.2) is 11.5 Å². The van der Waals surface area contributed by atoms with Crippen LogP contribution in [0.4, 0.5) is 0 Å². The van der Waals surface area contributed by atoms with Crippen molar-refractivity contribution in [2.24, 2.45) is 0 Å². The van der Waals surface area contributed by atoms with E-state index in [4.69, 9.17) is 13.9 Å². The van der Waals surface area contributed by atoms with Crippen molar-refractivity contribution < 1.29 is 23.5 Å². The van der Waals surface area contributed by atoms with Gasteiger partial charge in [-0.2, -0.15) is 0 Å². The Hall–Kier alpha value is -2.19. The maximum atomic E-state index is 12.4. The molecule has 0 N–H and O–H groups in total. The second-order valence-corrected chi connectivity index (χ2v) is 5.49. The molecule has 0 atom stereocenters. The Balaban J connectivity index is 2.08. The molecule has 0 bridgehead atoms. The molecule has 0 saturated carbocycles. The number of hydrogen-bond donors (Lipinski definition) is 0. The molecule has 0 unspecified atom stereocenters. The zero-order valence-electron chi connectivity index (χ0n) is 13.0. The molecule has 0 fully saturated rings. The van der Waals surface area contributed by atoms with E-state index in [-0.39, 0.29) is 23.9 Å². The average Bonchev–Trinajstić information content (AvgIpc) is 3.22. The number of nitrogens with zero attached hydrogens (tertiary/aromatic N) is 2. The van der Waals surface area contributed by atoms with Gasteiger partial charge < -0.3 is 18.8 Å². The third kappa shape index (κ3) is 4.64. The van der Waals surface area contributed by atoms with Crippen molar-refractivity contribution in [3.8, 4) is 0 Å². The lowest BCUT2D eigenvalue weighted by Gasteiger charge is -2.19. The van der Waals surface area contributed by atoms with Crippen LogP contribution in [0.15, 0.2) is 28.2 Å². The van der Waals surface area contributed by atoms with Gasteiger partial charge >= 0.3 is 5.97 Å². The number of aromatic nitrogens is 1. The highest BCUT2D eigenvalue weighted by Gasteiger charge is 2.20. The first kappa shape index (κ1) is 17.2. The first-order valence-corrected chi connectivity index (χ1v) is 7.97. The Labute approximate surface area is 137 Å². The van der Waals surface area contributed by atoms with E-state index in [2.05, 4.69) is 4.98 Å². The van der Waals surface area contributed by atoms with Crippen molar-refractivity contribution in [2.75, 3.05) is 26.9 Å². The van der Waals surface area contributed by atoms with E-state index in [0.29, 0.717) is 24.8 Å². The maximum absolute atomic E-state index is 12.4. The van der Waals surface area contributed by atoms with Gasteiger partial charge in [-0.25, -0.2) is 9.78 Å². The van der Waals surface area contributed by atoms with Crippen molar-refractivity contribution >= 4 is 23.2 Å². The van der Waals surface area contributed by atoms with Crippen molar-refractivity contribution in [3.05, 3.63) is 40.2 Å². The Morgan fingerprint density at radius 1 is 1.43 bits per heavy atom. The third-order valence-corrected chi connectivity index (χ3v) is 3.78. The molecule has 2 aromatic rings. The number of hydrogen-bond acceptors (Lipinski definition) is 7. The van der Waals surface area contributed by atoms with Gasteiger partial charge in [-0.3, -0.25) is 4.79 Å². The molecule has 2 aromatic heterocycles. The lowest BCUT2D eigenvalue weighted by atomic mass is 10.3. The molecule has 0 aromatic carbocycles. The first-order valence-electron chi connectivity index (χ1n) is 7.09. The normalized spacial score (nSPS) is 10.5. The number of carbonyl (C=O) groups excluding carboxylic acids is 2. The van der Waals surface area contributed by atoms with Crippen LogP contribution in [0.2, 0.25) is 0 Å². The Morgan fingerprint density at radius 3 is 2.91 bits per heavy atom. The third-order valence-electron chi connectivity index (χ3n) is 2.95. The SMILES string of the molecule is CCOC(=O)c1csc(CN(CCOC)C(=O)c2ccco2)n1. The van der Waals surface area contributed by atoms with E-state index in [1.165, 1.54) is 17.6 Å². The van der Waals surface area contributed by atoms with Crippen molar-refractivity contribution in [3.63, 3.8) is 0 Å². The van der Waals surface area contributed by atoms with Crippen LogP contribution in [-0.2, 0) is 16.0 Å². The first-order chi connectivity index (χ1) is 11.2. The summed E-state index contributed by atoms with van der Waals surface area (Å²) in [5.41, 5.74) is 0.254. The Morgan fingerprint density at radius 2 is 2.26 bits per heavy atom. The fourth-order valence-electron chi connectivity index (χ4n) is 1.86. The molecule has 1 amide bonds. The van der Waals surface area contributed by atoms with Crippen molar-refractivity contribution in [1.29, 1.82) is 0 Å². The minimum Gasteiger partial charge on any atom is -0.461 e. The predicted octanol–water partition coefficient (Wildman–Crippen LogP) is 2.20. The summed E-state index contributed by atoms with van der Waals surface area (Å²) in [6.07, 6.45) is 1.45. The molecule has 2 heterocycles. The van der Waals surface area contributed by atoms with E-state index < -0.39 is 5.97 Å². The van der Waals surface area contributed by atoms with Gasteiger partial charge in [0.25, 0.3) is 5.91 Å². The number of methoxy groups -OCH3 is 1. The molecule has 2 rings (SSSR count). The minimum absolute atomic E-state index is 0.250. The van der Waals surface area contributed by atoms with Crippen LogP contribution in [0.25, 0.3) is 0 Å². The number of rotatable bonds is 8. The van der Waals surface area contributed by atoms with E-state index in [9.17, 15) is 9.59 Å². The smallest absolute Gasteiger partial charge is 0.357 e. The summed E-state index contributed by atoms with van der Waals surface area (Å²) in [5, 5.41) is 2.27. The van der Waals surface area contributed by atoms with Crippen LogP contribution >= 0.6 is 11.3 Å². The number of carbonyl (C=O) groups is 2. The molecule has 8 heteroatoms. The van der Waals surface area contributed by atoms with Crippen LogP contribution in [0.3, 0.4) is 0 Å². The molecule has 0 spiro atoms. The van der Waals surface area contributed by atoms with E-state index >= 15 is 0 Å². The molecule has 23 heavy (non-hydrogen) atoms. The van der Waals surface area contributed by atoms with Crippen molar-refractivity contribution in [1.82, 2.24) is 9.88 Å². The van der Waals surface area contributed by atoms with Crippen LogP contribution in [0.5, 0.6) is 0 Å². The van der Waals surface area contributed by atoms with Gasteiger partial charge in [0.05, 0.1) is 26.0 Å². The highest BCUT2D eigenvalue weighted by molar-refractivity contribution is 7.09. The lowest BCUT2D eigenvalue weighted by Crippen LogP contribution is -2.33. The summed E-state index contributed by atoms with van der Waals surface area (Å²) in [4.78, 5) is 29.8. The van der Waals surface area contributed by atoms with Crippen LogP contribution in [-0.4, -0.2) is 48.6 Å². The second kappa shape index (κ2) is 8.44. The second-order valence-electron chi connectivity index (χ2n) is 4.54. The summed E-state index contributed by atoms with van der Waals surface area (Å²) in [7, 11) is 1.57. The standard InChI is InChI=1S/C15H18N2O5S/c1-3-21-15(19)11-10-23-13(16-11)9-17(6-8-20-2)14(18)12-5-4-7-22-12/h4-5,7,10H,3,6,8-9H2,1-2H3. The summed E-state index contributed by atoms with van der Waals surface area (Å²) in [6, 6.07) is 3.26. The quantitative estimate of drug-likeness (QED) is 0.686. The summed E-state index contributed by atoms with van der Waals surface area (Å²) in [5.74, 6) is -0.459. The molecule has 0 radical (unpaired) electrons. The number of ether oxygens (including phenoxy) is 2. The van der Waals surface area contributed by atoms with Gasteiger partial charge in [-0.1, -0.05) is 0 Å². The molecular weight excluding hydrogens is 320 g/mol. The predicted molar refractivity (Wildman–Crippen MR) is 83.4 cm³/mol. The fraction of sp³-hybridized carbons (Fsp3) is 0.400. The monoisotopic (exact) mass is 338 g/mol. The largest absolute Gasteiger partial charge is 0.461 e. The van der Waals surface area contributed by atoms with Gasteiger partial charge in [0, 0.05) is 19.0 Å². The summed E-state index contributed by atoms with van der Waals surface area (Å²) in [6.45, 7) is 3.09. The maximum Gasteiger partial charge on any atom is 0.357 e. The van der Waals surface area contributed by atoms with Crippen LogP contribution < -0.4 is 0 Å². The van der Waals surface area contributed by atoms with E-state index in [1.807, 2.05) is 0 Å². The Kier molecular flexibility index (Phi) is 6.30. The molecule has 0 aliphatic rings. The van der Waals surface area contributed by atoms with E-state index in [0.717, 1.165) is 0 Å². The van der Waals surface area contributed by atoms with E-state index in [1.54, 1.807) is 36.4 Å². The number of esters is 1. The molecular formula is C15H18N2O5S. The van der Waals surface area contributed by atoms with Gasteiger partial charge in [0.1, 0.15) is 5.01 Å². The molecule has 0 saturated heterocycles. The molecule has 0 aliphatic heterocycles. The number of amides is 1. The van der Waals surface area contributed by atoms with Crippen molar-refractivity contribution in [2.45, 2.75) is 13.5 Å². The molecule has 124 valence electrons. The average molecular weight is 338 g/mol. The lowest BCUT2D eigenvalue weighted by molar-refractivity contribution is 0.0520. The summed E-state index contributed by atoms with van der Waals surface area (Å²) < 4.78 is 15.1. The summed E-state index contributed by atoms with van der Waals surface area (Å²) >= 11 is 1.30. The number of furan rings is 1. The molecule has 7 nitrogen and oxygen atoms in total. The zero-order chi connectivity index (χ0) is 16.7. The van der Waals surface area contributed by atoms with Crippen LogP contribution in [0.1, 0.15) is 33.0 Å². The minimum atomic E-state index is -0.462. The fourth-order valence-corrected chi connectivity index (χ4v) is 2.63. The highest BCUT2D eigenvalue weighted by atomic mass is 32.1. The number of thiazole rings is 1. The van der Waals surface area contributed by atoms with Gasteiger partial charge in [-0.15, -0.1) is 11.3 Å². The Bertz CT molecular complexity index is 638. The molecule has 0 aliphatic carbocycles. The van der Waals surface area contributed by atoms with Gasteiger partial charge in [-0.05, 0) is 19.1 Å². The zero-order valence-corrected chi connectivity index (χ0v) is 13.8. The highest BCUT2D eigenvalue weighted by Crippen LogP contribution is 2.15. The van der Waals surface area contributed by atoms with Gasteiger partial charge in [0.2, 0.25) is 0 Å².